The average Bonchev–Trinajstić information content (AvgIpc) is 2.74. The number of rotatable bonds is 3. The van der Waals surface area contributed by atoms with E-state index in [0.29, 0.717) is 6.04 Å². The molecule has 0 unspecified atom stereocenters. The zero-order chi connectivity index (χ0) is 8.23. The van der Waals surface area contributed by atoms with Crippen molar-refractivity contribution in [1.82, 2.24) is 10.3 Å². The Morgan fingerprint density at radius 2 is 2.33 bits per heavy atom. The van der Waals surface area contributed by atoms with Crippen LogP contribution in [0.2, 0.25) is 0 Å². The Balaban J connectivity index is 1.75. The fraction of sp³-hybridized carbons (Fsp3) is 0.444. The van der Waals surface area contributed by atoms with E-state index in [9.17, 15) is 0 Å². The molecule has 1 heterocycles. The van der Waals surface area contributed by atoms with Gasteiger partial charge in [0.2, 0.25) is 0 Å². The predicted octanol–water partition coefficient (Wildman–Crippen LogP) is 1.95. The summed E-state index contributed by atoms with van der Waals surface area (Å²) in [7, 11) is 0. The molecule has 1 N–H and O–H groups in total. The summed E-state index contributed by atoms with van der Waals surface area (Å²) in [6.45, 7) is 0.969. The monoisotopic (exact) mass is 180 g/mol. The third kappa shape index (κ3) is 1.93. The first-order chi connectivity index (χ1) is 5.95. The van der Waals surface area contributed by atoms with Crippen molar-refractivity contribution in [2.75, 3.05) is 0 Å². The third-order valence-corrected chi connectivity index (χ3v) is 2.84. The number of thiazole rings is 1. The lowest BCUT2D eigenvalue weighted by Crippen LogP contribution is -2.25. The molecule has 0 spiro atoms. The Labute approximate surface area is 76.3 Å². The molecule has 0 saturated heterocycles. The maximum Gasteiger partial charge on any atom is 0.0794 e. The van der Waals surface area contributed by atoms with E-state index in [2.05, 4.69) is 22.5 Å². The quantitative estimate of drug-likeness (QED) is 0.719. The van der Waals surface area contributed by atoms with Gasteiger partial charge in [-0.05, 0) is 12.8 Å². The molecule has 64 valence electrons. The summed E-state index contributed by atoms with van der Waals surface area (Å²) in [4.78, 5) is 5.35. The summed E-state index contributed by atoms with van der Waals surface area (Å²) in [6, 6.07) is 0.659. The molecule has 1 aromatic heterocycles. The van der Waals surface area contributed by atoms with Crippen LogP contribution in [0.25, 0.3) is 0 Å². The van der Waals surface area contributed by atoms with Crippen molar-refractivity contribution in [2.45, 2.75) is 25.4 Å². The zero-order valence-corrected chi connectivity index (χ0v) is 7.68. The molecule has 0 bridgehead atoms. The fourth-order valence-electron chi connectivity index (χ4n) is 1.36. The minimum absolute atomic E-state index is 0.659. The lowest BCUT2D eigenvalue weighted by Gasteiger charge is -2.09. The molecule has 1 aliphatic carbocycles. The smallest absolute Gasteiger partial charge is 0.0794 e. The molecular weight excluding hydrogens is 168 g/mol. The van der Waals surface area contributed by atoms with Gasteiger partial charge in [0.15, 0.2) is 0 Å². The standard InChI is InChI=1S/C9H12N2S/c1-2-4-8(3-1)11-6-9-5-10-7-12-9/h1-2,5,7-8,11H,3-4,6H2. The molecule has 2 rings (SSSR count). The normalized spacial score (nSPS) is 17.3. The molecule has 1 aliphatic rings. The highest BCUT2D eigenvalue weighted by atomic mass is 32.1. The average molecular weight is 180 g/mol. The Morgan fingerprint density at radius 1 is 1.50 bits per heavy atom. The van der Waals surface area contributed by atoms with Gasteiger partial charge >= 0.3 is 0 Å². The van der Waals surface area contributed by atoms with Gasteiger partial charge in [-0.25, -0.2) is 0 Å². The lowest BCUT2D eigenvalue weighted by molar-refractivity contribution is 0.541. The second-order valence-corrected chi connectivity index (χ2v) is 3.96. The minimum Gasteiger partial charge on any atom is -0.308 e. The van der Waals surface area contributed by atoms with E-state index >= 15 is 0 Å². The summed E-state index contributed by atoms with van der Waals surface area (Å²) in [6.07, 6.45) is 8.77. The third-order valence-electron chi connectivity index (χ3n) is 2.06. The van der Waals surface area contributed by atoms with Crippen LogP contribution >= 0.6 is 11.3 Å². The molecule has 0 saturated carbocycles. The van der Waals surface area contributed by atoms with Gasteiger partial charge in [0.25, 0.3) is 0 Å². The van der Waals surface area contributed by atoms with E-state index in [1.54, 1.807) is 11.3 Å². The molecule has 0 atom stereocenters. The van der Waals surface area contributed by atoms with Crippen molar-refractivity contribution in [1.29, 1.82) is 0 Å². The molecule has 0 amide bonds. The van der Waals surface area contributed by atoms with Crippen molar-refractivity contribution in [2.24, 2.45) is 0 Å². The molecule has 0 aliphatic heterocycles. The van der Waals surface area contributed by atoms with E-state index < -0.39 is 0 Å². The van der Waals surface area contributed by atoms with Crippen LogP contribution in [-0.4, -0.2) is 11.0 Å². The van der Waals surface area contributed by atoms with E-state index in [4.69, 9.17) is 0 Å². The first kappa shape index (κ1) is 7.95. The van der Waals surface area contributed by atoms with Crippen LogP contribution in [0.5, 0.6) is 0 Å². The van der Waals surface area contributed by atoms with Crippen molar-refractivity contribution in [3.05, 3.63) is 28.7 Å². The maximum absolute atomic E-state index is 4.03. The van der Waals surface area contributed by atoms with Crippen LogP contribution in [0.3, 0.4) is 0 Å². The van der Waals surface area contributed by atoms with Crippen LogP contribution < -0.4 is 5.32 Å². The summed E-state index contributed by atoms with van der Waals surface area (Å²) >= 11 is 1.71. The number of nitrogens with zero attached hydrogens (tertiary/aromatic N) is 1. The first-order valence-electron chi connectivity index (χ1n) is 4.21. The van der Waals surface area contributed by atoms with E-state index in [0.717, 1.165) is 6.54 Å². The number of nitrogens with one attached hydrogen (secondary N) is 1. The number of aromatic nitrogens is 1. The van der Waals surface area contributed by atoms with Crippen LogP contribution in [0.4, 0.5) is 0 Å². The highest BCUT2D eigenvalue weighted by Crippen LogP contribution is 2.11. The van der Waals surface area contributed by atoms with Gasteiger partial charge in [-0.1, -0.05) is 12.2 Å². The molecule has 0 radical (unpaired) electrons. The second kappa shape index (κ2) is 3.83. The van der Waals surface area contributed by atoms with Gasteiger partial charge in [-0.3, -0.25) is 4.98 Å². The summed E-state index contributed by atoms with van der Waals surface area (Å²) in [5.41, 5.74) is 1.88. The van der Waals surface area contributed by atoms with Crippen molar-refractivity contribution in [3.63, 3.8) is 0 Å². The van der Waals surface area contributed by atoms with Gasteiger partial charge < -0.3 is 5.32 Å². The number of hydrogen-bond donors (Lipinski definition) is 1. The van der Waals surface area contributed by atoms with Crippen LogP contribution in [-0.2, 0) is 6.54 Å². The fourth-order valence-corrected chi connectivity index (χ4v) is 1.90. The van der Waals surface area contributed by atoms with Gasteiger partial charge in [0.1, 0.15) is 0 Å². The van der Waals surface area contributed by atoms with Gasteiger partial charge in [-0.2, -0.15) is 0 Å². The van der Waals surface area contributed by atoms with Crippen LogP contribution in [0.1, 0.15) is 17.7 Å². The highest BCUT2D eigenvalue weighted by Gasteiger charge is 2.08. The minimum atomic E-state index is 0.659. The zero-order valence-electron chi connectivity index (χ0n) is 6.86. The van der Waals surface area contributed by atoms with Crippen LogP contribution in [0.15, 0.2) is 23.9 Å². The van der Waals surface area contributed by atoms with Crippen molar-refractivity contribution in [3.8, 4) is 0 Å². The maximum atomic E-state index is 4.03. The van der Waals surface area contributed by atoms with Crippen LogP contribution in [0, 0.1) is 0 Å². The second-order valence-electron chi connectivity index (χ2n) is 2.99. The lowest BCUT2D eigenvalue weighted by atomic mass is 10.2. The molecule has 0 aromatic carbocycles. The van der Waals surface area contributed by atoms with Gasteiger partial charge in [-0.15, -0.1) is 11.3 Å². The van der Waals surface area contributed by atoms with Gasteiger partial charge in [0, 0.05) is 23.7 Å². The molecular formula is C9H12N2S. The molecule has 0 fully saturated rings. The Hall–Kier alpha value is -0.670. The van der Waals surface area contributed by atoms with Crippen molar-refractivity contribution >= 4 is 11.3 Å². The molecule has 1 aromatic rings. The predicted molar refractivity (Wildman–Crippen MR) is 51.1 cm³/mol. The summed E-state index contributed by atoms with van der Waals surface area (Å²) in [5.74, 6) is 0. The Kier molecular flexibility index (Phi) is 2.54. The van der Waals surface area contributed by atoms with Crippen molar-refractivity contribution < 1.29 is 0 Å². The molecule has 12 heavy (non-hydrogen) atoms. The van der Waals surface area contributed by atoms with E-state index in [1.165, 1.54) is 17.7 Å². The molecule has 2 nitrogen and oxygen atoms in total. The largest absolute Gasteiger partial charge is 0.308 e. The summed E-state index contributed by atoms with van der Waals surface area (Å²) < 4.78 is 0. The first-order valence-corrected chi connectivity index (χ1v) is 5.09. The SMILES string of the molecule is C1=CCC(NCc2cncs2)C1. The topological polar surface area (TPSA) is 24.9 Å². The molecule has 3 heteroatoms. The summed E-state index contributed by atoms with van der Waals surface area (Å²) in [5, 5.41) is 3.49. The highest BCUT2D eigenvalue weighted by molar-refractivity contribution is 7.09. The Morgan fingerprint density at radius 3 is 3.00 bits per heavy atom. The van der Waals surface area contributed by atoms with Gasteiger partial charge in [0.05, 0.1) is 5.51 Å². The van der Waals surface area contributed by atoms with E-state index in [-0.39, 0.29) is 0 Å². The Bertz CT molecular complexity index is 246. The van der Waals surface area contributed by atoms with E-state index in [1.807, 2.05) is 11.7 Å². The number of hydrogen-bond acceptors (Lipinski definition) is 3.